The maximum atomic E-state index is 12.4. The molecule has 2 aliphatic heterocycles. The monoisotopic (exact) mass is 474 g/mol. The van der Waals surface area contributed by atoms with Gasteiger partial charge in [-0.15, -0.1) is 0 Å². The third-order valence-corrected chi connectivity index (χ3v) is 6.82. The SMILES string of the molecule is Cc1cccc(N2CCC(CCC3CCN(C(=O)Oc4cncc(C(=O)[O-])c4)CC3)CC2)n1.[Na+]. The number of carboxylic acids is 1. The number of ether oxygens (including phenoxy) is 1. The molecule has 0 aromatic carbocycles. The minimum Gasteiger partial charge on any atom is -0.545 e. The Balaban J connectivity index is 0.00000324. The smallest absolute Gasteiger partial charge is 0.545 e. The van der Waals surface area contributed by atoms with Crippen molar-refractivity contribution in [3.63, 3.8) is 0 Å². The second-order valence-corrected chi connectivity index (χ2v) is 9.14. The number of aromatic nitrogens is 2. The van der Waals surface area contributed by atoms with Crippen molar-refractivity contribution in [2.45, 2.75) is 45.4 Å². The van der Waals surface area contributed by atoms with E-state index in [1.54, 1.807) is 4.90 Å². The molecule has 0 N–H and O–H groups in total. The average molecular weight is 475 g/mol. The second kappa shape index (κ2) is 12.5. The summed E-state index contributed by atoms with van der Waals surface area (Å²) >= 11 is 0. The van der Waals surface area contributed by atoms with Gasteiger partial charge in [0.1, 0.15) is 5.82 Å². The van der Waals surface area contributed by atoms with Crippen LogP contribution in [0.5, 0.6) is 5.75 Å². The number of amides is 1. The van der Waals surface area contributed by atoms with Crippen LogP contribution in [0.3, 0.4) is 0 Å². The maximum absolute atomic E-state index is 12.4. The van der Waals surface area contributed by atoms with Gasteiger partial charge >= 0.3 is 35.7 Å². The van der Waals surface area contributed by atoms with Crippen LogP contribution in [0.4, 0.5) is 10.6 Å². The molecule has 4 rings (SSSR count). The summed E-state index contributed by atoms with van der Waals surface area (Å²) in [5, 5.41) is 10.9. The van der Waals surface area contributed by atoms with E-state index in [4.69, 9.17) is 4.74 Å². The normalized spacial score (nSPS) is 17.2. The number of pyridine rings is 2. The predicted molar refractivity (Wildman–Crippen MR) is 122 cm³/mol. The molecule has 2 aromatic rings. The average Bonchev–Trinajstić information content (AvgIpc) is 2.83. The van der Waals surface area contributed by atoms with Crippen molar-refractivity contribution >= 4 is 17.9 Å². The Labute approximate surface area is 223 Å². The minimum atomic E-state index is -1.35. The molecule has 0 unspecified atom stereocenters. The molecule has 0 spiro atoms. The van der Waals surface area contributed by atoms with Crippen molar-refractivity contribution in [1.82, 2.24) is 14.9 Å². The number of anilines is 1. The molecule has 0 atom stereocenters. The van der Waals surface area contributed by atoms with Gasteiger partial charge in [0.15, 0.2) is 5.75 Å². The molecule has 4 heterocycles. The number of aryl methyl sites for hydroxylation is 1. The number of aromatic carboxylic acids is 1. The van der Waals surface area contributed by atoms with Crippen molar-refractivity contribution in [2.75, 3.05) is 31.1 Å². The van der Waals surface area contributed by atoms with Crippen LogP contribution < -0.4 is 44.3 Å². The van der Waals surface area contributed by atoms with E-state index in [0.29, 0.717) is 19.0 Å². The zero-order valence-electron chi connectivity index (χ0n) is 20.1. The summed E-state index contributed by atoms with van der Waals surface area (Å²) in [6, 6.07) is 7.47. The number of rotatable bonds is 6. The topological polar surface area (TPSA) is 98.7 Å². The van der Waals surface area contributed by atoms with E-state index in [9.17, 15) is 14.7 Å². The first-order valence-corrected chi connectivity index (χ1v) is 11.8. The van der Waals surface area contributed by atoms with Gasteiger partial charge in [-0.3, -0.25) is 4.98 Å². The van der Waals surface area contributed by atoms with Crippen LogP contribution >= 0.6 is 0 Å². The summed E-state index contributed by atoms with van der Waals surface area (Å²) < 4.78 is 5.31. The molecule has 1 amide bonds. The Morgan fingerprint density at radius 2 is 1.68 bits per heavy atom. The molecular formula is C25H31N4NaO4. The number of carbonyl (C=O) groups is 2. The molecule has 8 nitrogen and oxygen atoms in total. The number of carbonyl (C=O) groups excluding carboxylic acids is 2. The summed E-state index contributed by atoms with van der Waals surface area (Å²) in [4.78, 5) is 35.9. The fourth-order valence-electron chi connectivity index (χ4n) is 4.78. The largest absolute Gasteiger partial charge is 1.00 e. The molecule has 0 saturated carbocycles. The third kappa shape index (κ3) is 7.17. The van der Waals surface area contributed by atoms with E-state index in [-0.39, 0.29) is 40.9 Å². The van der Waals surface area contributed by atoms with E-state index >= 15 is 0 Å². The molecule has 2 fully saturated rings. The van der Waals surface area contributed by atoms with Crippen LogP contribution in [-0.2, 0) is 0 Å². The van der Waals surface area contributed by atoms with Crippen molar-refractivity contribution < 1.29 is 49.0 Å². The third-order valence-electron chi connectivity index (χ3n) is 6.82. The zero-order chi connectivity index (χ0) is 23.2. The van der Waals surface area contributed by atoms with Gasteiger partial charge < -0.3 is 24.4 Å². The Hall–Kier alpha value is -2.16. The van der Waals surface area contributed by atoms with Gasteiger partial charge in [-0.1, -0.05) is 18.9 Å². The van der Waals surface area contributed by atoms with Gasteiger partial charge in [-0.25, -0.2) is 9.78 Å². The first-order valence-electron chi connectivity index (χ1n) is 11.8. The summed E-state index contributed by atoms with van der Waals surface area (Å²) in [5.74, 6) is 1.26. The first-order chi connectivity index (χ1) is 16.0. The molecule has 176 valence electrons. The molecule has 0 aliphatic carbocycles. The molecule has 34 heavy (non-hydrogen) atoms. The van der Waals surface area contributed by atoms with Gasteiger partial charge in [0.2, 0.25) is 0 Å². The van der Waals surface area contributed by atoms with E-state index < -0.39 is 12.1 Å². The molecular weight excluding hydrogens is 443 g/mol. The Bertz CT molecular complexity index is 973. The van der Waals surface area contributed by atoms with E-state index in [1.807, 2.05) is 13.0 Å². The Morgan fingerprint density at radius 1 is 1.03 bits per heavy atom. The van der Waals surface area contributed by atoms with Crippen molar-refractivity contribution in [3.05, 3.63) is 47.9 Å². The summed E-state index contributed by atoms with van der Waals surface area (Å²) in [7, 11) is 0. The van der Waals surface area contributed by atoms with Gasteiger partial charge in [-0.05, 0) is 62.6 Å². The number of likely N-dealkylation sites (tertiary alicyclic amines) is 1. The summed E-state index contributed by atoms with van der Waals surface area (Å²) in [6.07, 6.45) is 8.85. The molecule has 0 radical (unpaired) electrons. The quantitative estimate of drug-likeness (QED) is 0.546. The van der Waals surface area contributed by atoms with Crippen molar-refractivity contribution in [3.8, 4) is 5.75 Å². The van der Waals surface area contributed by atoms with Gasteiger partial charge in [0.05, 0.1) is 12.2 Å². The van der Waals surface area contributed by atoms with Crippen LogP contribution in [0, 0.1) is 18.8 Å². The number of hydrogen-bond donors (Lipinski definition) is 0. The molecule has 0 bridgehead atoms. The van der Waals surface area contributed by atoms with E-state index in [2.05, 4.69) is 27.0 Å². The fourth-order valence-corrected chi connectivity index (χ4v) is 4.78. The van der Waals surface area contributed by atoms with Crippen LogP contribution in [0.1, 0.15) is 54.6 Å². The number of hydrogen-bond acceptors (Lipinski definition) is 7. The first kappa shape index (κ1) is 26.4. The Kier molecular flexibility index (Phi) is 9.74. The summed E-state index contributed by atoms with van der Waals surface area (Å²) in [6.45, 7) is 5.50. The molecule has 2 saturated heterocycles. The number of nitrogens with zero attached hydrogens (tertiary/aromatic N) is 4. The van der Waals surface area contributed by atoms with Crippen LogP contribution in [0.2, 0.25) is 0 Å². The maximum Gasteiger partial charge on any atom is 1.00 e. The van der Waals surface area contributed by atoms with E-state index in [1.165, 1.54) is 44.1 Å². The van der Waals surface area contributed by atoms with E-state index in [0.717, 1.165) is 43.4 Å². The van der Waals surface area contributed by atoms with Crippen LogP contribution in [0.15, 0.2) is 36.7 Å². The fraction of sp³-hybridized carbons (Fsp3) is 0.520. The number of carboxylic acid groups (broad SMARTS) is 1. The second-order valence-electron chi connectivity index (χ2n) is 9.14. The van der Waals surface area contributed by atoms with Crippen molar-refractivity contribution in [1.29, 1.82) is 0 Å². The predicted octanol–water partition coefficient (Wildman–Crippen LogP) is 0.0601. The Morgan fingerprint density at radius 3 is 2.29 bits per heavy atom. The van der Waals surface area contributed by atoms with Gasteiger partial charge in [-0.2, -0.15) is 0 Å². The molecule has 2 aromatic heterocycles. The minimum absolute atomic E-state index is 0. The molecule has 2 aliphatic rings. The van der Waals surface area contributed by atoms with Crippen LogP contribution in [0.25, 0.3) is 0 Å². The van der Waals surface area contributed by atoms with Crippen LogP contribution in [-0.4, -0.2) is 53.1 Å². The van der Waals surface area contributed by atoms with Gasteiger partial charge in [0.25, 0.3) is 0 Å². The van der Waals surface area contributed by atoms with Gasteiger partial charge in [0, 0.05) is 43.6 Å². The standard InChI is InChI=1S/C25H32N4O4.Na/c1-18-3-2-4-23(27-18)28-11-7-19(8-12-28)5-6-20-9-13-29(14-10-20)25(32)33-22-15-21(24(30)31)16-26-17-22;/h2-4,15-17,19-20H,5-14H2,1H3,(H,30,31);/q;+1/p-1. The number of piperidine rings is 2. The summed E-state index contributed by atoms with van der Waals surface area (Å²) in [5.41, 5.74) is 0.951. The van der Waals surface area contributed by atoms with Crippen molar-refractivity contribution in [2.24, 2.45) is 11.8 Å². The molecule has 9 heteroatoms. The zero-order valence-corrected chi connectivity index (χ0v) is 22.1.